The average Bonchev–Trinajstić information content (AvgIpc) is 2.38. The van der Waals surface area contributed by atoms with Crippen LogP contribution >= 0.6 is 0 Å². The minimum absolute atomic E-state index is 0.0172. The first kappa shape index (κ1) is 11.6. The summed E-state index contributed by atoms with van der Waals surface area (Å²) >= 11 is 0. The summed E-state index contributed by atoms with van der Waals surface area (Å²) < 4.78 is 0. The standard InChI is InChI=1S/C16H14O4/c17-13-5-8-3-10-7-15(19)16(20)2-1-12(16)11(10)4-9(8)6-14(13)18/h3-7,12,17-20H,1-2H2. The number of phenolic OH excluding ortho intramolecular Hbond substituents is 2. The Bertz CT molecular complexity index is 778. The number of hydrogen-bond donors (Lipinski definition) is 4. The van der Waals surface area contributed by atoms with E-state index >= 15 is 0 Å². The molecule has 2 aromatic rings. The number of aliphatic hydroxyl groups is 2. The van der Waals surface area contributed by atoms with Gasteiger partial charge in [-0.1, -0.05) is 6.07 Å². The molecule has 2 aromatic carbocycles. The van der Waals surface area contributed by atoms with E-state index in [0.29, 0.717) is 6.42 Å². The van der Waals surface area contributed by atoms with Gasteiger partial charge in [0.2, 0.25) is 0 Å². The molecule has 0 saturated heterocycles. The summed E-state index contributed by atoms with van der Waals surface area (Å²) in [7, 11) is 0. The van der Waals surface area contributed by atoms with E-state index < -0.39 is 5.60 Å². The molecule has 0 bridgehead atoms. The lowest BCUT2D eigenvalue weighted by molar-refractivity contribution is -0.0551. The van der Waals surface area contributed by atoms with Crippen molar-refractivity contribution in [2.45, 2.75) is 24.4 Å². The summed E-state index contributed by atoms with van der Waals surface area (Å²) in [5.41, 5.74) is 0.711. The molecule has 0 spiro atoms. The molecule has 0 amide bonds. The number of rotatable bonds is 0. The molecule has 102 valence electrons. The van der Waals surface area contributed by atoms with Crippen LogP contribution in [0.25, 0.3) is 16.8 Å². The first-order chi connectivity index (χ1) is 9.49. The summed E-state index contributed by atoms with van der Waals surface area (Å²) in [4.78, 5) is 0. The van der Waals surface area contributed by atoms with Crippen LogP contribution in [0.3, 0.4) is 0 Å². The molecule has 0 radical (unpaired) electrons. The van der Waals surface area contributed by atoms with Crippen molar-refractivity contribution in [1.82, 2.24) is 0 Å². The molecule has 1 saturated carbocycles. The van der Waals surface area contributed by atoms with E-state index in [1.165, 1.54) is 12.1 Å². The maximum Gasteiger partial charge on any atom is 0.158 e. The fourth-order valence-electron chi connectivity index (χ4n) is 3.34. The summed E-state index contributed by atoms with van der Waals surface area (Å²) in [6, 6.07) is 6.79. The van der Waals surface area contributed by atoms with Gasteiger partial charge in [0, 0.05) is 5.92 Å². The molecular formula is C16H14O4. The van der Waals surface area contributed by atoms with E-state index in [-0.39, 0.29) is 23.2 Å². The second-order valence-electron chi connectivity index (χ2n) is 5.71. The van der Waals surface area contributed by atoms with Crippen LogP contribution in [-0.4, -0.2) is 26.0 Å². The molecule has 4 rings (SSSR count). The molecule has 0 aliphatic heterocycles. The zero-order valence-corrected chi connectivity index (χ0v) is 10.7. The second-order valence-corrected chi connectivity index (χ2v) is 5.71. The fraction of sp³-hybridized carbons (Fsp3) is 0.250. The Kier molecular flexibility index (Phi) is 2.01. The van der Waals surface area contributed by atoms with Crippen LogP contribution in [0, 0.1) is 0 Å². The smallest absolute Gasteiger partial charge is 0.158 e. The van der Waals surface area contributed by atoms with E-state index in [2.05, 4.69) is 0 Å². The SMILES string of the molecule is OC1=Cc2cc3cc(O)c(O)cc3cc2C2CCC12O. The maximum absolute atomic E-state index is 10.4. The Balaban J connectivity index is 2.00. The molecule has 0 heterocycles. The number of fused-ring (bicyclic) bond motifs is 4. The fourth-order valence-corrected chi connectivity index (χ4v) is 3.34. The van der Waals surface area contributed by atoms with Crippen molar-refractivity contribution in [2.24, 2.45) is 0 Å². The van der Waals surface area contributed by atoms with E-state index in [1.54, 1.807) is 6.08 Å². The molecule has 0 aromatic heterocycles. The number of phenols is 2. The Labute approximate surface area is 115 Å². The van der Waals surface area contributed by atoms with Crippen LogP contribution in [0.5, 0.6) is 11.5 Å². The lowest BCUT2D eigenvalue weighted by Gasteiger charge is -2.48. The Morgan fingerprint density at radius 1 is 0.950 bits per heavy atom. The largest absolute Gasteiger partial charge is 0.509 e. The topological polar surface area (TPSA) is 80.9 Å². The van der Waals surface area contributed by atoms with Crippen LogP contribution in [-0.2, 0) is 0 Å². The average molecular weight is 270 g/mol. The first-order valence-electron chi connectivity index (χ1n) is 6.62. The van der Waals surface area contributed by atoms with Crippen molar-refractivity contribution >= 4 is 16.8 Å². The van der Waals surface area contributed by atoms with Crippen molar-refractivity contribution in [3.8, 4) is 11.5 Å². The van der Waals surface area contributed by atoms with Crippen LogP contribution in [0.4, 0.5) is 0 Å². The third-order valence-electron chi connectivity index (χ3n) is 4.64. The molecule has 2 aliphatic rings. The maximum atomic E-state index is 10.4. The lowest BCUT2D eigenvalue weighted by atomic mass is 9.61. The van der Waals surface area contributed by atoms with Gasteiger partial charge in [0.1, 0.15) is 11.4 Å². The van der Waals surface area contributed by atoms with Crippen molar-refractivity contribution in [1.29, 1.82) is 0 Å². The first-order valence-corrected chi connectivity index (χ1v) is 6.62. The Morgan fingerprint density at radius 3 is 2.20 bits per heavy atom. The highest BCUT2D eigenvalue weighted by molar-refractivity contribution is 5.90. The van der Waals surface area contributed by atoms with Gasteiger partial charge < -0.3 is 20.4 Å². The molecule has 1 fully saturated rings. The molecule has 2 unspecified atom stereocenters. The number of hydrogen-bond acceptors (Lipinski definition) is 4. The van der Waals surface area contributed by atoms with Crippen LogP contribution in [0.15, 0.2) is 30.0 Å². The minimum Gasteiger partial charge on any atom is -0.509 e. The minimum atomic E-state index is -1.13. The normalized spacial score (nSPS) is 27.4. The highest BCUT2D eigenvalue weighted by atomic mass is 16.3. The predicted molar refractivity (Wildman–Crippen MR) is 74.8 cm³/mol. The summed E-state index contributed by atoms with van der Waals surface area (Å²) in [5.74, 6) is -0.399. The number of aliphatic hydroxyl groups excluding tert-OH is 1. The zero-order valence-electron chi connectivity index (χ0n) is 10.7. The van der Waals surface area contributed by atoms with Gasteiger partial charge >= 0.3 is 0 Å². The molecule has 20 heavy (non-hydrogen) atoms. The Hall–Kier alpha value is -2.20. The Morgan fingerprint density at radius 2 is 1.60 bits per heavy atom. The summed E-state index contributed by atoms with van der Waals surface area (Å²) in [6.45, 7) is 0. The summed E-state index contributed by atoms with van der Waals surface area (Å²) in [5, 5.41) is 41.2. The van der Waals surface area contributed by atoms with Gasteiger partial charge in [-0.3, -0.25) is 0 Å². The monoisotopic (exact) mass is 270 g/mol. The number of aromatic hydroxyl groups is 2. The van der Waals surface area contributed by atoms with Crippen LogP contribution < -0.4 is 0 Å². The highest BCUT2D eigenvalue weighted by Crippen LogP contribution is 2.54. The molecule has 2 aliphatic carbocycles. The molecular weight excluding hydrogens is 256 g/mol. The highest BCUT2D eigenvalue weighted by Gasteiger charge is 2.51. The van der Waals surface area contributed by atoms with Crippen LogP contribution in [0.2, 0.25) is 0 Å². The van der Waals surface area contributed by atoms with Crippen molar-refractivity contribution in [2.75, 3.05) is 0 Å². The zero-order chi connectivity index (χ0) is 14.1. The molecule has 4 nitrogen and oxygen atoms in total. The molecule has 4 heteroatoms. The van der Waals surface area contributed by atoms with Gasteiger partial charge in [0.15, 0.2) is 11.5 Å². The van der Waals surface area contributed by atoms with E-state index in [1.807, 2.05) is 12.1 Å². The van der Waals surface area contributed by atoms with E-state index in [9.17, 15) is 20.4 Å². The van der Waals surface area contributed by atoms with Gasteiger partial charge in [-0.2, -0.15) is 0 Å². The molecule has 2 atom stereocenters. The second kappa shape index (κ2) is 3.46. The number of benzene rings is 2. The van der Waals surface area contributed by atoms with E-state index in [4.69, 9.17) is 0 Å². The van der Waals surface area contributed by atoms with Crippen LogP contribution in [0.1, 0.15) is 29.9 Å². The van der Waals surface area contributed by atoms with Gasteiger partial charge in [0.05, 0.1) is 0 Å². The van der Waals surface area contributed by atoms with Crippen molar-refractivity contribution < 1.29 is 20.4 Å². The van der Waals surface area contributed by atoms with Gasteiger partial charge in [-0.25, -0.2) is 0 Å². The van der Waals surface area contributed by atoms with E-state index in [0.717, 1.165) is 28.3 Å². The predicted octanol–water partition coefficient (Wildman–Crippen LogP) is 2.77. The lowest BCUT2D eigenvalue weighted by Crippen LogP contribution is -2.48. The third-order valence-corrected chi connectivity index (χ3v) is 4.64. The quantitative estimate of drug-likeness (QED) is 0.555. The molecule has 4 N–H and O–H groups in total. The van der Waals surface area contributed by atoms with Crippen molar-refractivity contribution in [3.63, 3.8) is 0 Å². The van der Waals surface area contributed by atoms with Gasteiger partial charge in [0.25, 0.3) is 0 Å². The van der Waals surface area contributed by atoms with Crippen molar-refractivity contribution in [3.05, 3.63) is 41.2 Å². The van der Waals surface area contributed by atoms with Gasteiger partial charge in [-0.05, 0) is 59.0 Å². The third kappa shape index (κ3) is 1.29. The summed E-state index contributed by atoms with van der Waals surface area (Å²) in [6.07, 6.45) is 2.99. The van der Waals surface area contributed by atoms with Gasteiger partial charge in [-0.15, -0.1) is 0 Å².